The van der Waals surface area contributed by atoms with Crippen molar-refractivity contribution in [3.05, 3.63) is 46.1 Å². The first-order valence-corrected chi connectivity index (χ1v) is 7.13. The van der Waals surface area contributed by atoms with Gasteiger partial charge in [0.15, 0.2) is 9.84 Å². The van der Waals surface area contributed by atoms with Crippen LogP contribution in [0.1, 0.15) is 5.56 Å². The first-order valence-electron chi connectivity index (χ1n) is 5.04. The van der Waals surface area contributed by atoms with Gasteiger partial charge in [-0.3, -0.25) is 0 Å². The molecule has 1 aromatic rings. The molecule has 1 atom stereocenters. The highest BCUT2D eigenvalue weighted by Crippen LogP contribution is 2.15. The lowest BCUT2D eigenvalue weighted by atomic mass is 10.2. The molecule has 0 spiro atoms. The SMILES string of the molecule is O=S1(=O)C=CC(NCc2cc(F)cc(Cl)c2)C1. The Morgan fingerprint density at radius 2 is 2.18 bits per heavy atom. The molecule has 0 fully saturated rings. The first-order chi connectivity index (χ1) is 7.94. The van der Waals surface area contributed by atoms with Crippen molar-refractivity contribution < 1.29 is 12.8 Å². The maximum Gasteiger partial charge on any atom is 0.173 e. The van der Waals surface area contributed by atoms with Gasteiger partial charge in [-0.25, -0.2) is 12.8 Å². The lowest BCUT2D eigenvalue weighted by Crippen LogP contribution is -2.29. The van der Waals surface area contributed by atoms with Crippen molar-refractivity contribution in [2.75, 3.05) is 5.75 Å². The van der Waals surface area contributed by atoms with Gasteiger partial charge in [-0.2, -0.15) is 0 Å². The van der Waals surface area contributed by atoms with Crippen molar-refractivity contribution in [1.82, 2.24) is 5.32 Å². The molecule has 0 aliphatic carbocycles. The zero-order chi connectivity index (χ0) is 12.5. The Labute approximate surface area is 104 Å². The second-order valence-electron chi connectivity index (χ2n) is 3.92. The van der Waals surface area contributed by atoms with E-state index in [-0.39, 0.29) is 11.8 Å². The number of sulfone groups is 1. The van der Waals surface area contributed by atoms with Crippen molar-refractivity contribution in [3.8, 4) is 0 Å². The van der Waals surface area contributed by atoms with Gasteiger partial charge in [-0.15, -0.1) is 0 Å². The molecule has 92 valence electrons. The number of hydrogen-bond donors (Lipinski definition) is 1. The van der Waals surface area contributed by atoms with Gasteiger partial charge in [-0.05, 0) is 23.8 Å². The summed E-state index contributed by atoms with van der Waals surface area (Å²) < 4.78 is 35.3. The number of benzene rings is 1. The molecule has 0 bridgehead atoms. The topological polar surface area (TPSA) is 46.2 Å². The zero-order valence-corrected chi connectivity index (χ0v) is 10.4. The average Bonchev–Trinajstić information content (AvgIpc) is 2.54. The predicted octanol–water partition coefficient (Wildman–Crippen LogP) is 1.88. The molecular formula is C11H11ClFNO2S. The maximum atomic E-state index is 13.0. The van der Waals surface area contributed by atoms with Crippen LogP contribution in [0.5, 0.6) is 0 Å². The van der Waals surface area contributed by atoms with Gasteiger partial charge < -0.3 is 5.32 Å². The van der Waals surface area contributed by atoms with Gasteiger partial charge in [0.1, 0.15) is 5.82 Å². The third-order valence-electron chi connectivity index (χ3n) is 2.42. The van der Waals surface area contributed by atoms with Gasteiger partial charge >= 0.3 is 0 Å². The van der Waals surface area contributed by atoms with E-state index in [4.69, 9.17) is 11.6 Å². The van der Waals surface area contributed by atoms with E-state index >= 15 is 0 Å². The zero-order valence-electron chi connectivity index (χ0n) is 8.86. The van der Waals surface area contributed by atoms with Crippen molar-refractivity contribution in [1.29, 1.82) is 0 Å². The third-order valence-corrected chi connectivity index (χ3v) is 4.03. The van der Waals surface area contributed by atoms with E-state index in [1.165, 1.54) is 17.5 Å². The molecule has 6 heteroatoms. The molecule has 1 aliphatic rings. The van der Waals surface area contributed by atoms with Crippen LogP contribution in [0.25, 0.3) is 0 Å². The van der Waals surface area contributed by atoms with E-state index < -0.39 is 15.7 Å². The van der Waals surface area contributed by atoms with Crippen molar-refractivity contribution in [2.24, 2.45) is 0 Å². The molecular weight excluding hydrogens is 265 g/mol. The smallest absolute Gasteiger partial charge is 0.173 e. The summed E-state index contributed by atoms with van der Waals surface area (Å²) in [6, 6.07) is 4.02. The van der Waals surface area contributed by atoms with Gasteiger partial charge in [0, 0.05) is 23.0 Å². The summed E-state index contributed by atoms with van der Waals surface area (Å²) in [6.07, 6.45) is 1.59. The second-order valence-corrected chi connectivity index (χ2v) is 6.29. The summed E-state index contributed by atoms with van der Waals surface area (Å²) in [5, 5.41) is 4.54. The van der Waals surface area contributed by atoms with E-state index in [0.29, 0.717) is 17.1 Å². The molecule has 0 saturated carbocycles. The predicted molar refractivity (Wildman–Crippen MR) is 65.0 cm³/mol. The summed E-state index contributed by atoms with van der Waals surface area (Å²) in [6.45, 7) is 0.377. The summed E-state index contributed by atoms with van der Waals surface area (Å²) >= 11 is 5.71. The summed E-state index contributed by atoms with van der Waals surface area (Å²) in [7, 11) is -3.06. The molecule has 17 heavy (non-hydrogen) atoms. The van der Waals surface area contributed by atoms with Crippen LogP contribution in [0.4, 0.5) is 4.39 Å². The number of halogens is 2. The monoisotopic (exact) mass is 275 g/mol. The number of rotatable bonds is 3. The fourth-order valence-corrected chi connectivity index (χ4v) is 3.18. The van der Waals surface area contributed by atoms with Gasteiger partial charge in [0.25, 0.3) is 0 Å². The van der Waals surface area contributed by atoms with Crippen LogP contribution >= 0.6 is 11.6 Å². The van der Waals surface area contributed by atoms with Crippen LogP contribution in [0.15, 0.2) is 29.7 Å². The van der Waals surface area contributed by atoms with Gasteiger partial charge in [0.2, 0.25) is 0 Å². The standard InChI is InChI=1S/C11H11ClFNO2S/c12-9-3-8(4-10(13)5-9)6-14-11-1-2-17(15,16)7-11/h1-5,11,14H,6-7H2. The lowest BCUT2D eigenvalue weighted by molar-refractivity contribution is 0.587. The molecule has 0 radical (unpaired) electrons. The van der Waals surface area contributed by atoms with Crippen molar-refractivity contribution in [2.45, 2.75) is 12.6 Å². The Morgan fingerprint density at radius 1 is 1.41 bits per heavy atom. The lowest BCUT2D eigenvalue weighted by Gasteiger charge is -2.10. The number of nitrogens with one attached hydrogen (secondary N) is 1. The normalized spacial score (nSPS) is 21.9. The second kappa shape index (κ2) is 4.76. The number of hydrogen-bond acceptors (Lipinski definition) is 3. The van der Waals surface area contributed by atoms with E-state index in [1.807, 2.05) is 0 Å². The van der Waals surface area contributed by atoms with E-state index in [2.05, 4.69) is 5.32 Å². The van der Waals surface area contributed by atoms with Crippen LogP contribution in [0.2, 0.25) is 5.02 Å². The van der Waals surface area contributed by atoms with Gasteiger partial charge in [-0.1, -0.05) is 17.7 Å². The highest BCUT2D eigenvalue weighted by atomic mass is 35.5. The van der Waals surface area contributed by atoms with Crippen molar-refractivity contribution in [3.63, 3.8) is 0 Å². The summed E-state index contributed by atoms with van der Waals surface area (Å²) in [4.78, 5) is 0. The summed E-state index contributed by atoms with van der Waals surface area (Å²) in [5.41, 5.74) is 0.688. The fourth-order valence-electron chi connectivity index (χ4n) is 1.66. The molecule has 3 nitrogen and oxygen atoms in total. The summed E-state index contributed by atoms with van der Waals surface area (Å²) in [5.74, 6) is -0.348. The van der Waals surface area contributed by atoms with Crippen LogP contribution in [-0.4, -0.2) is 20.2 Å². The highest BCUT2D eigenvalue weighted by molar-refractivity contribution is 7.94. The van der Waals surface area contributed by atoms with Crippen LogP contribution in [0.3, 0.4) is 0 Å². The Morgan fingerprint density at radius 3 is 2.76 bits per heavy atom. The molecule has 2 rings (SSSR count). The molecule has 0 saturated heterocycles. The fraction of sp³-hybridized carbons (Fsp3) is 0.273. The Hall–Kier alpha value is -0.910. The molecule has 0 aromatic heterocycles. The maximum absolute atomic E-state index is 13.0. The van der Waals surface area contributed by atoms with E-state index in [0.717, 1.165) is 0 Å². The van der Waals surface area contributed by atoms with Crippen LogP contribution in [-0.2, 0) is 16.4 Å². The molecule has 0 amide bonds. The van der Waals surface area contributed by atoms with Crippen molar-refractivity contribution >= 4 is 21.4 Å². The minimum atomic E-state index is -3.06. The Balaban J connectivity index is 1.97. The minimum Gasteiger partial charge on any atom is -0.305 e. The van der Waals surface area contributed by atoms with Crippen LogP contribution in [0, 0.1) is 5.82 Å². The Bertz CT molecular complexity index is 536. The molecule has 1 aliphatic heterocycles. The van der Waals surface area contributed by atoms with Crippen LogP contribution < -0.4 is 5.32 Å². The van der Waals surface area contributed by atoms with E-state index in [1.54, 1.807) is 12.1 Å². The molecule has 1 aromatic carbocycles. The van der Waals surface area contributed by atoms with Gasteiger partial charge in [0.05, 0.1) is 5.75 Å². The average molecular weight is 276 g/mol. The molecule has 1 N–H and O–H groups in total. The Kier molecular flexibility index (Phi) is 3.51. The quantitative estimate of drug-likeness (QED) is 0.916. The minimum absolute atomic E-state index is 0.0516. The first kappa shape index (κ1) is 12.5. The molecule has 1 heterocycles. The van der Waals surface area contributed by atoms with E-state index in [9.17, 15) is 12.8 Å². The third kappa shape index (κ3) is 3.52. The largest absolute Gasteiger partial charge is 0.305 e. The highest BCUT2D eigenvalue weighted by Gasteiger charge is 2.20. The molecule has 1 unspecified atom stereocenters.